The number of benzene rings is 9. The molecule has 2 nitrogen and oxygen atoms in total. The summed E-state index contributed by atoms with van der Waals surface area (Å²) in [5.74, 6) is 1.71. The van der Waals surface area contributed by atoms with Crippen LogP contribution in [0, 0.1) is 0 Å². The number of anilines is 3. The maximum atomic E-state index is 6.52. The molecule has 1 aliphatic heterocycles. The molecule has 2 aliphatic carbocycles. The Hall–Kier alpha value is -6.64. The van der Waals surface area contributed by atoms with Gasteiger partial charge in [-0.05, 0) is 108 Å². The summed E-state index contributed by atoms with van der Waals surface area (Å²) in [5, 5.41) is 7.55. The van der Waals surface area contributed by atoms with E-state index in [2.05, 4.69) is 196 Å². The van der Waals surface area contributed by atoms with E-state index in [9.17, 15) is 0 Å². The Balaban J connectivity index is 1.26. The number of para-hydroxylation sites is 4. The third kappa shape index (κ3) is 3.96. The minimum Gasteiger partial charge on any atom is -0.453 e. The van der Waals surface area contributed by atoms with Crippen molar-refractivity contribution >= 4 is 49.4 Å². The molecule has 0 saturated carbocycles. The lowest BCUT2D eigenvalue weighted by molar-refractivity contribution is 0.477. The molecule has 0 N–H and O–H groups in total. The van der Waals surface area contributed by atoms with E-state index in [1.54, 1.807) is 0 Å². The van der Waals surface area contributed by atoms with Crippen LogP contribution in [-0.2, 0) is 10.8 Å². The van der Waals surface area contributed by atoms with Gasteiger partial charge in [0.05, 0.1) is 17.1 Å². The smallest absolute Gasteiger partial charge is 0.151 e. The fraction of sp³-hybridized carbons (Fsp3) is 0.111. The fourth-order valence-electron chi connectivity index (χ4n) is 10.7. The first kappa shape index (κ1) is 31.7. The Morgan fingerprint density at radius 1 is 0.375 bits per heavy atom. The average Bonchev–Trinajstić information content (AvgIpc) is 3.61. The molecule has 12 rings (SSSR count). The molecule has 0 amide bonds. The van der Waals surface area contributed by atoms with E-state index in [1.165, 1.54) is 88.0 Å². The molecule has 0 fully saturated rings. The summed E-state index contributed by atoms with van der Waals surface area (Å²) in [4.78, 5) is 2.43. The maximum Gasteiger partial charge on any atom is 0.151 e. The SMILES string of the molecule is CC1(C)c2ccccc2-c2c1ccc1c(-c3c4ccccc4c(N4c5ccccc5Oc5ccccc54)c4ccccc34)cc3c(c21)-c1ccccc1C3(C)C. The highest BCUT2D eigenvalue weighted by Crippen LogP contribution is 2.61. The standard InChI is InChI=1S/C54H39NO/c1-53(2)40-23-11-9-21-37(40)49-42(53)30-29-34-39(31-43-50(51(34)49)38-22-10-12-24-41(38)54(43,3)4)48-32-17-5-7-19-35(32)52(36-20-8-6-18-33(36)48)55-44-25-13-15-27-46(44)56-47-28-16-14-26-45(47)55/h5-31H,1-4H3. The summed E-state index contributed by atoms with van der Waals surface area (Å²) in [6.45, 7) is 9.63. The highest BCUT2D eigenvalue weighted by molar-refractivity contribution is 6.27. The molecule has 3 aliphatic rings. The van der Waals surface area contributed by atoms with Gasteiger partial charge in [-0.2, -0.15) is 0 Å². The Bertz CT molecular complexity index is 3060. The number of hydrogen-bond donors (Lipinski definition) is 0. The van der Waals surface area contributed by atoms with Crippen LogP contribution in [-0.4, -0.2) is 0 Å². The second kappa shape index (κ2) is 11.0. The summed E-state index contributed by atoms with van der Waals surface area (Å²) < 4.78 is 6.52. The van der Waals surface area contributed by atoms with Crippen LogP contribution in [0.5, 0.6) is 11.5 Å². The summed E-state index contributed by atoms with van der Waals surface area (Å²) in [6, 6.07) is 60.6. The predicted molar refractivity (Wildman–Crippen MR) is 234 cm³/mol. The van der Waals surface area contributed by atoms with Gasteiger partial charge in [-0.15, -0.1) is 0 Å². The highest BCUT2D eigenvalue weighted by Gasteiger charge is 2.42. The van der Waals surface area contributed by atoms with Crippen molar-refractivity contribution in [2.24, 2.45) is 0 Å². The zero-order valence-electron chi connectivity index (χ0n) is 31.9. The van der Waals surface area contributed by atoms with E-state index in [4.69, 9.17) is 4.74 Å². The van der Waals surface area contributed by atoms with Crippen molar-refractivity contribution in [3.63, 3.8) is 0 Å². The molecule has 56 heavy (non-hydrogen) atoms. The third-order valence-corrected chi connectivity index (χ3v) is 13.2. The Labute approximate surface area is 327 Å². The summed E-state index contributed by atoms with van der Waals surface area (Å²) >= 11 is 0. The van der Waals surface area contributed by atoms with Crippen LogP contribution in [0.1, 0.15) is 49.9 Å². The van der Waals surface area contributed by atoms with Gasteiger partial charge < -0.3 is 9.64 Å². The second-order valence-corrected chi connectivity index (χ2v) is 16.8. The monoisotopic (exact) mass is 717 g/mol. The molecule has 2 heteroatoms. The topological polar surface area (TPSA) is 12.5 Å². The Morgan fingerprint density at radius 2 is 0.839 bits per heavy atom. The first-order valence-electron chi connectivity index (χ1n) is 19.8. The molecule has 266 valence electrons. The van der Waals surface area contributed by atoms with Gasteiger partial charge in [0.15, 0.2) is 11.5 Å². The highest BCUT2D eigenvalue weighted by atomic mass is 16.5. The van der Waals surface area contributed by atoms with Crippen LogP contribution in [0.4, 0.5) is 17.1 Å². The number of fused-ring (bicyclic) bond motifs is 13. The van der Waals surface area contributed by atoms with Crippen molar-refractivity contribution < 1.29 is 4.74 Å². The van der Waals surface area contributed by atoms with Crippen molar-refractivity contribution in [3.8, 4) is 44.9 Å². The number of rotatable bonds is 2. The first-order chi connectivity index (χ1) is 27.3. The van der Waals surface area contributed by atoms with Crippen molar-refractivity contribution in [2.75, 3.05) is 4.90 Å². The molecule has 9 aromatic carbocycles. The fourth-order valence-corrected chi connectivity index (χ4v) is 10.7. The molecular formula is C54H39NO. The number of hydrogen-bond acceptors (Lipinski definition) is 2. The summed E-state index contributed by atoms with van der Waals surface area (Å²) in [6.07, 6.45) is 0. The van der Waals surface area contributed by atoms with E-state index in [-0.39, 0.29) is 10.8 Å². The van der Waals surface area contributed by atoms with Crippen LogP contribution in [0.15, 0.2) is 164 Å². The second-order valence-electron chi connectivity index (χ2n) is 16.8. The van der Waals surface area contributed by atoms with Crippen LogP contribution < -0.4 is 9.64 Å². The van der Waals surface area contributed by atoms with Crippen molar-refractivity contribution in [2.45, 2.75) is 38.5 Å². The molecule has 0 aromatic heterocycles. The number of ether oxygens (including phenoxy) is 1. The minimum atomic E-state index is -0.183. The van der Waals surface area contributed by atoms with E-state index < -0.39 is 0 Å². The quantitative estimate of drug-likeness (QED) is 0.165. The molecular weight excluding hydrogens is 679 g/mol. The zero-order valence-corrected chi connectivity index (χ0v) is 31.9. The number of nitrogens with zero attached hydrogens (tertiary/aromatic N) is 1. The van der Waals surface area contributed by atoms with E-state index in [0.717, 1.165) is 28.6 Å². The first-order valence-corrected chi connectivity index (χ1v) is 19.8. The minimum absolute atomic E-state index is 0.109. The predicted octanol–water partition coefficient (Wildman–Crippen LogP) is 15.0. The molecule has 0 spiro atoms. The molecule has 9 aromatic rings. The van der Waals surface area contributed by atoms with Gasteiger partial charge in [-0.25, -0.2) is 0 Å². The van der Waals surface area contributed by atoms with Crippen LogP contribution >= 0.6 is 0 Å². The normalized spacial score (nSPS) is 15.2. The van der Waals surface area contributed by atoms with E-state index in [1.807, 2.05) is 0 Å². The lowest BCUT2D eigenvalue weighted by atomic mass is 9.77. The molecule has 0 atom stereocenters. The van der Waals surface area contributed by atoms with Crippen molar-refractivity contribution in [3.05, 3.63) is 186 Å². The summed E-state index contributed by atoms with van der Waals surface area (Å²) in [5.41, 5.74) is 16.6. The van der Waals surface area contributed by atoms with Crippen LogP contribution in [0.2, 0.25) is 0 Å². The lowest BCUT2D eigenvalue weighted by Crippen LogP contribution is -2.16. The molecule has 0 radical (unpaired) electrons. The third-order valence-electron chi connectivity index (χ3n) is 13.2. The molecule has 0 saturated heterocycles. The van der Waals surface area contributed by atoms with Crippen LogP contribution in [0.25, 0.3) is 65.7 Å². The van der Waals surface area contributed by atoms with Gasteiger partial charge in [-0.1, -0.05) is 161 Å². The molecule has 1 heterocycles. The Kier molecular flexibility index (Phi) is 6.22. The maximum absolute atomic E-state index is 6.52. The van der Waals surface area contributed by atoms with E-state index in [0.29, 0.717) is 0 Å². The van der Waals surface area contributed by atoms with Gasteiger partial charge >= 0.3 is 0 Å². The van der Waals surface area contributed by atoms with Gasteiger partial charge in [0.25, 0.3) is 0 Å². The van der Waals surface area contributed by atoms with Gasteiger partial charge in [0, 0.05) is 21.6 Å². The van der Waals surface area contributed by atoms with Gasteiger partial charge in [0.2, 0.25) is 0 Å². The van der Waals surface area contributed by atoms with Gasteiger partial charge in [0.1, 0.15) is 0 Å². The average molecular weight is 718 g/mol. The van der Waals surface area contributed by atoms with Crippen LogP contribution in [0.3, 0.4) is 0 Å². The largest absolute Gasteiger partial charge is 0.453 e. The van der Waals surface area contributed by atoms with Gasteiger partial charge in [-0.3, -0.25) is 0 Å². The van der Waals surface area contributed by atoms with Crippen molar-refractivity contribution in [1.29, 1.82) is 0 Å². The zero-order chi connectivity index (χ0) is 37.5. The summed E-state index contributed by atoms with van der Waals surface area (Å²) in [7, 11) is 0. The molecule has 0 bridgehead atoms. The Morgan fingerprint density at radius 3 is 1.43 bits per heavy atom. The lowest BCUT2D eigenvalue weighted by Gasteiger charge is -2.35. The molecule has 0 unspecified atom stereocenters. The van der Waals surface area contributed by atoms with E-state index >= 15 is 0 Å². The van der Waals surface area contributed by atoms with Crippen molar-refractivity contribution in [1.82, 2.24) is 0 Å².